The van der Waals surface area contributed by atoms with Crippen LogP contribution in [0, 0.1) is 11.8 Å². The Labute approximate surface area is 117 Å². The molecule has 2 heterocycles. The van der Waals surface area contributed by atoms with Crippen LogP contribution in [-0.4, -0.2) is 36.0 Å². The summed E-state index contributed by atoms with van der Waals surface area (Å²) in [5.74, 6) is 1.99. The fraction of sp³-hybridized carbons (Fsp3) is 0.938. The van der Waals surface area contributed by atoms with Gasteiger partial charge >= 0.3 is 0 Å². The summed E-state index contributed by atoms with van der Waals surface area (Å²) in [6.45, 7) is 4.41. The van der Waals surface area contributed by atoms with E-state index in [0.29, 0.717) is 11.9 Å². The summed E-state index contributed by atoms with van der Waals surface area (Å²) in [5, 5.41) is 3.43. The van der Waals surface area contributed by atoms with Crippen molar-refractivity contribution in [1.82, 2.24) is 10.2 Å². The van der Waals surface area contributed by atoms with Crippen molar-refractivity contribution in [3.63, 3.8) is 0 Å². The summed E-state index contributed by atoms with van der Waals surface area (Å²) in [4.78, 5) is 15.0. The maximum Gasteiger partial charge on any atom is 0.239 e. The number of piperidine rings is 2. The number of amides is 1. The van der Waals surface area contributed by atoms with E-state index in [1.54, 1.807) is 0 Å². The van der Waals surface area contributed by atoms with Gasteiger partial charge in [-0.2, -0.15) is 0 Å². The van der Waals surface area contributed by atoms with Crippen molar-refractivity contribution < 1.29 is 4.79 Å². The van der Waals surface area contributed by atoms with Crippen LogP contribution in [0.4, 0.5) is 0 Å². The Kier molecular flexibility index (Phi) is 4.11. The van der Waals surface area contributed by atoms with E-state index in [2.05, 4.69) is 17.1 Å². The van der Waals surface area contributed by atoms with Crippen molar-refractivity contribution in [1.29, 1.82) is 0 Å². The van der Waals surface area contributed by atoms with E-state index in [0.717, 1.165) is 31.3 Å². The molecule has 1 amide bonds. The van der Waals surface area contributed by atoms with Crippen LogP contribution in [0.3, 0.4) is 0 Å². The van der Waals surface area contributed by atoms with E-state index >= 15 is 0 Å². The number of nitrogens with zero attached hydrogens (tertiary/aromatic N) is 1. The van der Waals surface area contributed by atoms with Gasteiger partial charge in [0, 0.05) is 12.6 Å². The molecule has 19 heavy (non-hydrogen) atoms. The normalized spacial score (nSPS) is 39.7. The summed E-state index contributed by atoms with van der Waals surface area (Å²) in [5.41, 5.74) is 0. The van der Waals surface area contributed by atoms with Crippen molar-refractivity contribution >= 4 is 5.91 Å². The first-order valence-corrected chi connectivity index (χ1v) is 8.31. The quantitative estimate of drug-likeness (QED) is 0.789. The maximum atomic E-state index is 12.8. The number of hydrogen-bond acceptors (Lipinski definition) is 2. The average molecular weight is 264 g/mol. The lowest BCUT2D eigenvalue weighted by atomic mass is 9.72. The fourth-order valence-electron chi connectivity index (χ4n) is 4.45. The summed E-state index contributed by atoms with van der Waals surface area (Å²) in [6.07, 6.45) is 9.96. The molecule has 0 spiro atoms. The third kappa shape index (κ3) is 2.67. The van der Waals surface area contributed by atoms with Crippen LogP contribution >= 0.6 is 0 Å². The van der Waals surface area contributed by atoms with Gasteiger partial charge in [-0.3, -0.25) is 4.79 Å². The van der Waals surface area contributed by atoms with Crippen LogP contribution in [0.1, 0.15) is 58.3 Å². The van der Waals surface area contributed by atoms with E-state index in [-0.39, 0.29) is 6.04 Å². The van der Waals surface area contributed by atoms with E-state index < -0.39 is 0 Å². The van der Waals surface area contributed by atoms with Gasteiger partial charge in [-0.15, -0.1) is 0 Å². The molecule has 3 heteroatoms. The molecule has 3 nitrogen and oxygen atoms in total. The minimum atomic E-state index is 0.115. The highest BCUT2D eigenvalue weighted by Gasteiger charge is 2.41. The first kappa shape index (κ1) is 13.4. The second kappa shape index (κ2) is 5.82. The Morgan fingerprint density at radius 1 is 1.05 bits per heavy atom. The zero-order valence-corrected chi connectivity index (χ0v) is 12.2. The van der Waals surface area contributed by atoms with Crippen molar-refractivity contribution in [2.24, 2.45) is 11.8 Å². The van der Waals surface area contributed by atoms with E-state index in [1.807, 2.05) is 0 Å². The number of fused-ring (bicyclic) bond motifs is 1. The minimum Gasteiger partial charge on any atom is -0.338 e. The Hall–Kier alpha value is -0.570. The summed E-state index contributed by atoms with van der Waals surface area (Å²) < 4.78 is 0. The molecule has 3 rings (SSSR count). The average Bonchev–Trinajstić information content (AvgIpc) is 2.48. The summed E-state index contributed by atoms with van der Waals surface area (Å²) in [6, 6.07) is 0.665. The van der Waals surface area contributed by atoms with E-state index in [4.69, 9.17) is 0 Å². The molecule has 2 aliphatic heterocycles. The van der Waals surface area contributed by atoms with Gasteiger partial charge in [0.25, 0.3) is 0 Å². The molecular formula is C16H28N2O. The molecule has 1 saturated carbocycles. The second-order valence-corrected chi connectivity index (χ2v) is 6.82. The molecule has 0 aromatic rings. The number of rotatable bonds is 1. The molecule has 0 bridgehead atoms. The lowest BCUT2D eigenvalue weighted by Gasteiger charge is -2.48. The van der Waals surface area contributed by atoms with Crippen LogP contribution in [0.5, 0.6) is 0 Å². The highest BCUT2D eigenvalue weighted by Crippen LogP contribution is 2.39. The first-order chi connectivity index (χ1) is 9.27. The molecule has 0 aromatic heterocycles. The fourth-order valence-corrected chi connectivity index (χ4v) is 4.45. The predicted octanol–water partition coefficient (Wildman–Crippen LogP) is 2.56. The van der Waals surface area contributed by atoms with E-state index in [1.165, 1.54) is 44.9 Å². The number of nitrogens with one attached hydrogen (secondary N) is 1. The van der Waals surface area contributed by atoms with Crippen molar-refractivity contribution in [3.8, 4) is 0 Å². The Bertz CT molecular complexity index is 325. The molecule has 1 aliphatic carbocycles. The molecule has 2 saturated heterocycles. The molecule has 1 N–H and O–H groups in total. The molecule has 4 atom stereocenters. The zero-order chi connectivity index (χ0) is 13.2. The maximum absolute atomic E-state index is 12.8. The third-order valence-corrected chi connectivity index (χ3v) is 5.63. The van der Waals surface area contributed by atoms with Crippen molar-refractivity contribution in [3.05, 3.63) is 0 Å². The molecule has 0 aromatic carbocycles. The monoisotopic (exact) mass is 264 g/mol. The van der Waals surface area contributed by atoms with Gasteiger partial charge < -0.3 is 10.2 Å². The standard InChI is InChI=1S/C16H28N2O/c1-12-9-11-18(15-8-3-2-6-13(12)15)16(19)14-7-4-5-10-17-14/h12-15,17H,2-11H2,1H3. The first-order valence-electron chi connectivity index (χ1n) is 8.31. The molecule has 3 fully saturated rings. The molecule has 108 valence electrons. The summed E-state index contributed by atoms with van der Waals surface area (Å²) >= 11 is 0. The van der Waals surface area contributed by atoms with Gasteiger partial charge in [-0.05, 0) is 50.5 Å². The van der Waals surface area contributed by atoms with Gasteiger partial charge in [-0.1, -0.05) is 26.2 Å². The Balaban J connectivity index is 1.70. The SMILES string of the molecule is CC1CCN(C(=O)C2CCCCN2)C2CCCCC12. The van der Waals surface area contributed by atoms with Crippen molar-refractivity contribution in [2.75, 3.05) is 13.1 Å². The lowest BCUT2D eigenvalue weighted by molar-refractivity contribution is -0.141. The van der Waals surface area contributed by atoms with E-state index in [9.17, 15) is 4.79 Å². The smallest absolute Gasteiger partial charge is 0.239 e. The minimum absolute atomic E-state index is 0.115. The van der Waals surface area contributed by atoms with Crippen LogP contribution in [-0.2, 0) is 4.79 Å². The van der Waals surface area contributed by atoms with Gasteiger partial charge in [-0.25, -0.2) is 0 Å². The van der Waals surface area contributed by atoms with Gasteiger partial charge in [0.15, 0.2) is 0 Å². The van der Waals surface area contributed by atoms with Gasteiger partial charge in [0.05, 0.1) is 6.04 Å². The molecular weight excluding hydrogens is 236 g/mol. The predicted molar refractivity (Wildman–Crippen MR) is 76.9 cm³/mol. The largest absolute Gasteiger partial charge is 0.338 e. The van der Waals surface area contributed by atoms with Crippen molar-refractivity contribution in [2.45, 2.75) is 70.4 Å². The van der Waals surface area contributed by atoms with Crippen LogP contribution in [0.2, 0.25) is 0 Å². The number of carbonyl (C=O) groups is 1. The highest BCUT2D eigenvalue weighted by atomic mass is 16.2. The molecule has 4 unspecified atom stereocenters. The number of hydrogen-bond donors (Lipinski definition) is 1. The zero-order valence-electron chi connectivity index (χ0n) is 12.2. The third-order valence-electron chi connectivity index (χ3n) is 5.63. The number of likely N-dealkylation sites (tertiary alicyclic amines) is 1. The Morgan fingerprint density at radius 3 is 2.63 bits per heavy atom. The van der Waals surface area contributed by atoms with Crippen LogP contribution in [0.15, 0.2) is 0 Å². The molecule has 3 aliphatic rings. The highest BCUT2D eigenvalue weighted by molar-refractivity contribution is 5.82. The summed E-state index contributed by atoms with van der Waals surface area (Å²) in [7, 11) is 0. The van der Waals surface area contributed by atoms with Gasteiger partial charge in [0.2, 0.25) is 5.91 Å². The molecule has 0 radical (unpaired) electrons. The van der Waals surface area contributed by atoms with Crippen LogP contribution < -0.4 is 5.32 Å². The van der Waals surface area contributed by atoms with Gasteiger partial charge in [0.1, 0.15) is 0 Å². The Morgan fingerprint density at radius 2 is 1.84 bits per heavy atom. The second-order valence-electron chi connectivity index (χ2n) is 6.82. The topological polar surface area (TPSA) is 32.3 Å². The van der Waals surface area contributed by atoms with Crippen LogP contribution in [0.25, 0.3) is 0 Å². The number of carbonyl (C=O) groups excluding carboxylic acids is 1. The lowest BCUT2D eigenvalue weighted by Crippen LogP contribution is -2.57.